The van der Waals surface area contributed by atoms with Gasteiger partial charge in [-0.1, -0.05) is 34.1 Å². The summed E-state index contributed by atoms with van der Waals surface area (Å²) >= 11 is 3.22. The third-order valence-corrected chi connectivity index (χ3v) is 5.44. The number of furan rings is 1. The van der Waals surface area contributed by atoms with Crippen molar-refractivity contribution < 1.29 is 23.7 Å². The van der Waals surface area contributed by atoms with E-state index in [1.165, 1.54) is 29.9 Å². The summed E-state index contributed by atoms with van der Waals surface area (Å²) in [6, 6.07) is 14.5. The number of carbonyl (C=O) groups excluding carboxylic acids is 2. The van der Waals surface area contributed by atoms with Crippen molar-refractivity contribution in [1.29, 1.82) is 0 Å². The second-order valence-electron chi connectivity index (χ2n) is 6.69. The minimum absolute atomic E-state index is 0.0208. The molecule has 0 atom stereocenters. The fourth-order valence-corrected chi connectivity index (χ4v) is 3.91. The van der Waals surface area contributed by atoms with Gasteiger partial charge in [0.1, 0.15) is 5.76 Å². The van der Waals surface area contributed by atoms with Crippen LogP contribution in [0, 0.1) is 17.0 Å². The fraction of sp³-hybridized carbons (Fsp3) is 0.0909. The molecule has 0 saturated carbocycles. The van der Waals surface area contributed by atoms with E-state index in [0.717, 1.165) is 0 Å². The zero-order valence-corrected chi connectivity index (χ0v) is 18.0. The van der Waals surface area contributed by atoms with Gasteiger partial charge in [0, 0.05) is 21.6 Å². The van der Waals surface area contributed by atoms with E-state index < -0.39 is 16.8 Å². The molecular weight excluding hydrogens is 468 g/mol. The van der Waals surface area contributed by atoms with E-state index in [-0.39, 0.29) is 22.8 Å². The van der Waals surface area contributed by atoms with Crippen molar-refractivity contribution in [3.05, 3.63) is 86.2 Å². The molecule has 31 heavy (non-hydrogen) atoms. The summed E-state index contributed by atoms with van der Waals surface area (Å²) in [5.41, 5.74) is 1.32. The van der Waals surface area contributed by atoms with Crippen LogP contribution in [0.3, 0.4) is 0 Å². The van der Waals surface area contributed by atoms with Gasteiger partial charge in [-0.2, -0.15) is 0 Å². The number of para-hydroxylation sites is 1. The van der Waals surface area contributed by atoms with Crippen LogP contribution < -0.4 is 0 Å². The summed E-state index contributed by atoms with van der Waals surface area (Å²) in [7, 11) is 1.28. The number of carbonyl (C=O) groups is 2. The number of ether oxygens (including phenoxy) is 1. The van der Waals surface area contributed by atoms with E-state index in [4.69, 9.17) is 9.15 Å². The van der Waals surface area contributed by atoms with Gasteiger partial charge < -0.3 is 9.15 Å². The van der Waals surface area contributed by atoms with Gasteiger partial charge in [0.05, 0.1) is 28.7 Å². The van der Waals surface area contributed by atoms with Gasteiger partial charge in [0.15, 0.2) is 5.76 Å². The first-order valence-electron chi connectivity index (χ1n) is 9.10. The lowest BCUT2D eigenvalue weighted by Gasteiger charge is -2.05. The van der Waals surface area contributed by atoms with E-state index >= 15 is 0 Å². The van der Waals surface area contributed by atoms with Crippen LogP contribution in [0.15, 0.2) is 63.5 Å². The molecule has 2 aromatic heterocycles. The molecule has 0 fully saturated rings. The van der Waals surface area contributed by atoms with E-state index in [1.807, 2.05) is 0 Å². The van der Waals surface area contributed by atoms with Gasteiger partial charge in [-0.05, 0) is 37.3 Å². The number of hydrogen-bond acceptors (Lipinski definition) is 6. The normalized spacial score (nSPS) is 10.9. The molecule has 2 aromatic carbocycles. The van der Waals surface area contributed by atoms with Crippen LogP contribution in [0.2, 0.25) is 0 Å². The first kappa shape index (κ1) is 20.5. The third kappa shape index (κ3) is 3.42. The summed E-state index contributed by atoms with van der Waals surface area (Å²) in [6.07, 6.45) is 0. The Kier molecular flexibility index (Phi) is 5.20. The number of benzene rings is 2. The number of hydrogen-bond donors (Lipinski definition) is 0. The Hall–Kier alpha value is -3.72. The number of esters is 1. The maximum atomic E-state index is 13.3. The molecule has 0 bridgehead atoms. The number of nitro benzene ring substituents is 1. The van der Waals surface area contributed by atoms with Crippen LogP contribution in [0.4, 0.5) is 5.69 Å². The highest BCUT2D eigenvalue weighted by Crippen LogP contribution is 2.34. The molecule has 9 heteroatoms. The van der Waals surface area contributed by atoms with Crippen molar-refractivity contribution in [1.82, 2.24) is 4.57 Å². The molecule has 0 aliphatic heterocycles. The van der Waals surface area contributed by atoms with Gasteiger partial charge in [-0.15, -0.1) is 0 Å². The highest BCUT2D eigenvalue weighted by atomic mass is 79.9. The van der Waals surface area contributed by atoms with E-state index in [0.29, 0.717) is 26.6 Å². The number of nitrogens with zero attached hydrogens (tertiary/aromatic N) is 2. The number of aromatic nitrogens is 1. The van der Waals surface area contributed by atoms with Crippen LogP contribution in [0.1, 0.15) is 26.6 Å². The van der Waals surface area contributed by atoms with Gasteiger partial charge in [-0.3, -0.25) is 19.5 Å². The Morgan fingerprint density at radius 3 is 2.58 bits per heavy atom. The van der Waals surface area contributed by atoms with Crippen molar-refractivity contribution in [3.63, 3.8) is 0 Å². The summed E-state index contributed by atoms with van der Waals surface area (Å²) < 4.78 is 12.5. The molecule has 4 aromatic rings. The van der Waals surface area contributed by atoms with E-state index in [9.17, 15) is 19.7 Å². The molecule has 0 radical (unpaired) electrons. The van der Waals surface area contributed by atoms with Crippen molar-refractivity contribution in [2.24, 2.45) is 0 Å². The Morgan fingerprint density at radius 2 is 1.87 bits per heavy atom. The number of halogens is 1. The molecule has 0 N–H and O–H groups in total. The second kappa shape index (κ2) is 7.84. The minimum atomic E-state index is -0.550. The monoisotopic (exact) mass is 482 g/mol. The van der Waals surface area contributed by atoms with Gasteiger partial charge >= 0.3 is 5.97 Å². The van der Waals surface area contributed by atoms with Crippen molar-refractivity contribution in [2.75, 3.05) is 7.11 Å². The molecule has 0 aliphatic carbocycles. The summed E-state index contributed by atoms with van der Waals surface area (Å²) in [5.74, 6) is -0.891. The van der Waals surface area contributed by atoms with Gasteiger partial charge in [0.2, 0.25) is 0 Å². The number of rotatable bonds is 4. The average molecular weight is 483 g/mol. The predicted molar refractivity (Wildman–Crippen MR) is 116 cm³/mol. The Balaban J connectivity index is 1.83. The molecule has 2 heterocycles. The van der Waals surface area contributed by atoms with Crippen molar-refractivity contribution in [3.8, 4) is 11.3 Å². The maximum Gasteiger partial charge on any atom is 0.340 e. The molecule has 0 aliphatic rings. The lowest BCUT2D eigenvalue weighted by atomic mass is 10.1. The summed E-state index contributed by atoms with van der Waals surface area (Å²) in [6.45, 7) is 1.65. The molecule has 4 rings (SSSR count). The van der Waals surface area contributed by atoms with Gasteiger partial charge in [-0.25, -0.2) is 4.79 Å². The zero-order valence-electron chi connectivity index (χ0n) is 16.4. The second-order valence-corrected chi connectivity index (χ2v) is 7.61. The molecule has 0 amide bonds. The highest BCUT2D eigenvalue weighted by molar-refractivity contribution is 9.10. The molecule has 156 valence electrons. The average Bonchev–Trinajstić information content (AvgIpc) is 3.35. The molecular formula is C22H15BrN2O6. The molecule has 8 nitrogen and oxygen atoms in total. The molecule has 0 unspecified atom stereocenters. The summed E-state index contributed by atoms with van der Waals surface area (Å²) in [4.78, 5) is 36.5. The Labute approximate surface area is 184 Å². The van der Waals surface area contributed by atoms with Crippen LogP contribution in [0.5, 0.6) is 0 Å². The summed E-state index contributed by atoms with van der Waals surface area (Å²) in [5, 5.41) is 12.0. The molecule has 0 saturated heterocycles. The lowest BCUT2D eigenvalue weighted by Crippen LogP contribution is -2.14. The number of fused-ring (bicyclic) bond motifs is 1. The largest absolute Gasteiger partial charge is 0.465 e. The Morgan fingerprint density at radius 1 is 1.13 bits per heavy atom. The lowest BCUT2D eigenvalue weighted by molar-refractivity contribution is -0.384. The predicted octanol–water partition coefficient (Wildman–Crippen LogP) is 5.36. The zero-order chi connectivity index (χ0) is 22.3. The number of methoxy groups -OCH3 is 1. The van der Waals surface area contributed by atoms with Crippen LogP contribution in [-0.2, 0) is 4.74 Å². The smallest absolute Gasteiger partial charge is 0.340 e. The van der Waals surface area contributed by atoms with E-state index in [1.54, 1.807) is 43.3 Å². The fourth-order valence-electron chi connectivity index (χ4n) is 3.56. The van der Waals surface area contributed by atoms with Gasteiger partial charge in [0.25, 0.3) is 11.6 Å². The quantitative estimate of drug-likeness (QED) is 0.220. The van der Waals surface area contributed by atoms with Crippen LogP contribution in [-0.4, -0.2) is 28.5 Å². The number of nitro groups is 1. The minimum Gasteiger partial charge on any atom is -0.465 e. The Bertz CT molecular complexity index is 1370. The van der Waals surface area contributed by atoms with Crippen molar-refractivity contribution in [2.45, 2.75) is 6.92 Å². The standard InChI is InChI=1S/C22H15BrN2O6/c1-12-20(22(27)30-2)15-5-3-4-6-16(15)24(12)21(26)19-10-9-18(31-19)14-8-7-13(23)11-17(14)25(28)29/h3-11H,1-2H3. The van der Waals surface area contributed by atoms with Crippen molar-refractivity contribution >= 4 is 44.4 Å². The third-order valence-electron chi connectivity index (χ3n) is 4.94. The van der Waals surface area contributed by atoms with Crippen LogP contribution in [0.25, 0.3) is 22.2 Å². The maximum absolute atomic E-state index is 13.3. The first-order valence-corrected chi connectivity index (χ1v) is 9.90. The topological polar surface area (TPSA) is 105 Å². The molecule has 0 spiro atoms. The SMILES string of the molecule is COC(=O)c1c(C)n(C(=O)c2ccc(-c3ccc(Br)cc3[N+](=O)[O-])o2)c2ccccc12. The highest BCUT2D eigenvalue weighted by Gasteiger charge is 2.26. The first-order chi connectivity index (χ1) is 14.8. The van der Waals surface area contributed by atoms with Crippen LogP contribution >= 0.6 is 15.9 Å². The van der Waals surface area contributed by atoms with E-state index in [2.05, 4.69) is 15.9 Å².